The number of hydrogen-bond acceptors (Lipinski definition) is 5. The van der Waals surface area contributed by atoms with E-state index in [2.05, 4.69) is 41.4 Å². The molecule has 1 fully saturated rings. The van der Waals surface area contributed by atoms with Crippen molar-refractivity contribution >= 4 is 11.6 Å². The van der Waals surface area contributed by atoms with E-state index >= 15 is 0 Å². The predicted molar refractivity (Wildman–Crippen MR) is 86.8 cm³/mol. The molecule has 2 rings (SSSR count). The van der Waals surface area contributed by atoms with Crippen molar-refractivity contribution in [2.75, 3.05) is 24.2 Å². The quantitative estimate of drug-likeness (QED) is 0.796. The topological polar surface area (TPSA) is 70.1 Å². The largest absolute Gasteiger partial charge is 0.388 e. The fourth-order valence-electron chi connectivity index (χ4n) is 2.64. The Morgan fingerprint density at radius 2 is 1.76 bits per heavy atom. The fourth-order valence-corrected chi connectivity index (χ4v) is 2.64. The lowest BCUT2D eigenvalue weighted by Crippen LogP contribution is -2.39. The monoisotopic (exact) mass is 292 g/mol. The molecular formula is C16H28N4O. The van der Waals surface area contributed by atoms with E-state index in [1.165, 1.54) is 6.42 Å². The van der Waals surface area contributed by atoms with Crippen LogP contribution in [0.2, 0.25) is 0 Å². The summed E-state index contributed by atoms with van der Waals surface area (Å²) < 4.78 is 0. The van der Waals surface area contributed by atoms with Crippen molar-refractivity contribution in [3.63, 3.8) is 0 Å². The standard InChI is InChI=1S/C16H28N4O/c1-15(2,3)14-19-12(17-4)10-13(20-14)18-11-16(21)8-6-5-7-9-16/h10,21H,5-9,11H2,1-4H3,(H2,17,18,19,20). The van der Waals surface area contributed by atoms with Crippen LogP contribution in [0.1, 0.15) is 58.7 Å². The number of anilines is 2. The Morgan fingerprint density at radius 1 is 1.14 bits per heavy atom. The molecule has 5 heteroatoms. The molecule has 1 saturated carbocycles. The molecule has 1 aromatic rings. The van der Waals surface area contributed by atoms with Gasteiger partial charge in [0.2, 0.25) is 0 Å². The molecule has 0 unspecified atom stereocenters. The number of nitrogens with zero attached hydrogens (tertiary/aromatic N) is 2. The molecule has 1 aliphatic carbocycles. The smallest absolute Gasteiger partial charge is 0.138 e. The molecule has 0 atom stereocenters. The summed E-state index contributed by atoms with van der Waals surface area (Å²) in [5.41, 5.74) is -0.698. The molecule has 0 spiro atoms. The molecule has 0 saturated heterocycles. The molecular weight excluding hydrogens is 264 g/mol. The van der Waals surface area contributed by atoms with Crippen molar-refractivity contribution in [2.45, 2.75) is 63.9 Å². The van der Waals surface area contributed by atoms with E-state index in [0.29, 0.717) is 6.54 Å². The SMILES string of the molecule is CNc1cc(NCC2(O)CCCCC2)nc(C(C)(C)C)n1. The van der Waals surface area contributed by atoms with Crippen LogP contribution in [0.5, 0.6) is 0 Å². The van der Waals surface area contributed by atoms with Crippen molar-refractivity contribution < 1.29 is 5.11 Å². The number of nitrogens with one attached hydrogen (secondary N) is 2. The average Bonchev–Trinajstić information content (AvgIpc) is 2.45. The van der Waals surface area contributed by atoms with Crippen LogP contribution >= 0.6 is 0 Å². The molecule has 0 amide bonds. The lowest BCUT2D eigenvalue weighted by Gasteiger charge is -2.32. The molecule has 1 aromatic heterocycles. The highest BCUT2D eigenvalue weighted by Gasteiger charge is 2.29. The Kier molecular flexibility index (Phi) is 4.71. The number of hydrogen-bond donors (Lipinski definition) is 3. The van der Waals surface area contributed by atoms with Gasteiger partial charge in [0.05, 0.1) is 5.60 Å². The van der Waals surface area contributed by atoms with Gasteiger partial charge >= 0.3 is 0 Å². The molecule has 3 N–H and O–H groups in total. The zero-order valence-corrected chi connectivity index (χ0v) is 13.7. The number of rotatable bonds is 4. The zero-order valence-electron chi connectivity index (χ0n) is 13.7. The van der Waals surface area contributed by atoms with Gasteiger partial charge in [-0.25, -0.2) is 9.97 Å². The normalized spacial score (nSPS) is 18.3. The van der Waals surface area contributed by atoms with Crippen molar-refractivity contribution in [2.24, 2.45) is 0 Å². The van der Waals surface area contributed by atoms with E-state index < -0.39 is 5.60 Å². The van der Waals surface area contributed by atoms with E-state index in [4.69, 9.17) is 0 Å². The fraction of sp³-hybridized carbons (Fsp3) is 0.750. The van der Waals surface area contributed by atoms with E-state index in [1.54, 1.807) is 0 Å². The maximum atomic E-state index is 10.6. The van der Waals surface area contributed by atoms with Gasteiger partial charge in [-0.15, -0.1) is 0 Å². The lowest BCUT2D eigenvalue weighted by atomic mass is 9.85. The molecule has 118 valence electrons. The van der Waals surface area contributed by atoms with Crippen molar-refractivity contribution in [3.8, 4) is 0 Å². The minimum atomic E-state index is -0.592. The van der Waals surface area contributed by atoms with Crippen LogP contribution in [0.4, 0.5) is 11.6 Å². The molecule has 21 heavy (non-hydrogen) atoms. The number of aliphatic hydroxyl groups is 1. The Balaban J connectivity index is 2.12. The summed E-state index contributed by atoms with van der Waals surface area (Å²) >= 11 is 0. The number of aromatic nitrogens is 2. The average molecular weight is 292 g/mol. The maximum absolute atomic E-state index is 10.6. The van der Waals surface area contributed by atoms with Crippen LogP contribution in [0, 0.1) is 0 Å². The lowest BCUT2D eigenvalue weighted by molar-refractivity contribution is 0.0166. The van der Waals surface area contributed by atoms with E-state index in [1.807, 2.05) is 13.1 Å². The van der Waals surface area contributed by atoms with Gasteiger partial charge in [0.1, 0.15) is 17.5 Å². The molecule has 0 radical (unpaired) electrons. The van der Waals surface area contributed by atoms with Crippen molar-refractivity contribution in [1.82, 2.24) is 9.97 Å². The minimum Gasteiger partial charge on any atom is -0.388 e. The highest BCUT2D eigenvalue weighted by Crippen LogP contribution is 2.28. The van der Waals surface area contributed by atoms with Crippen molar-refractivity contribution in [1.29, 1.82) is 0 Å². The van der Waals surface area contributed by atoms with Crippen LogP contribution < -0.4 is 10.6 Å². The first-order chi connectivity index (χ1) is 9.82. The van der Waals surface area contributed by atoms with Gasteiger partial charge in [-0.3, -0.25) is 0 Å². The third-order valence-corrected chi connectivity index (χ3v) is 4.04. The van der Waals surface area contributed by atoms with Crippen LogP contribution in [0.15, 0.2) is 6.07 Å². The summed E-state index contributed by atoms with van der Waals surface area (Å²) in [4.78, 5) is 9.11. The Labute approximate surface area is 127 Å². The maximum Gasteiger partial charge on any atom is 0.138 e. The van der Waals surface area contributed by atoms with Crippen LogP contribution in [0.25, 0.3) is 0 Å². The first-order valence-electron chi connectivity index (χ1n) is 7.86. The zero-order chi connectivity index (χ0) is 15.5. The Bertz CT molecular complexity index is 476. The molecule has 1 heterocycles. The summed E-state index contributed by atoms with van der Waals surface area (Å²) in [5, 5.41) is 16.9. The Morgan fingerprint density at radius 3 is 2.33 bits per heavy atom. The highest BCUT2D eigenvalue weighted by atomic mass is 16.3. The van der Waals surface area contributed by atoms with Crippen LogP contribution in [0.3, 0.4) is 0 Å². The molecule has 0 bridgehead atoms. The van der Waals surface area contributed by atoms with Gasteiger partial charge in [0.25, 0.3) is 0 Å². The molecule has 5 nitrogen and oxygen atoms in total. The second-order valence-electron chi connectivity index (χ2n) is 7.10. The minimum absolute atomic E-state index is 0.106. The molecule has 1 aliphatic rings. The second kappa shape index (κ2) is 6.18. The summed E-state index contributed by atoms with van der Waals surface area (Å²) in [7, 11) is 1.85. The summed E-state index contributed by atoms with van der Waals surface area (Å²) in [5.74, 6) is 2.37. The van der Waals surface area contributed by atoms with E-state index in [9.17, 15) is 5.11 Å². The first-order valence-corrected chi connectivity index (χ1v) is 7.86. The van der Waals surface area contributed by atoms with Gasteiger partial charge in [0, 0.05) is 25.1 Å². The van der Waals surface area contributed by atoms with Gasteiger partial charge in [-0.2, -0.15) is 0 Å². The second-order valence-corrected chi connectivity index (χ2v) is 7.10. The third kappa shape index (κ3) is 4.30. The van der Waals surface area contributed by atoms with Gasteiger partial charge in [0.15, 0.2) is 0 Å². The molecule has 0 aliphatic heterocycles. The van der Waals surface area contributed by atoms with Crippen LogP contribution in [-0.2, 0) is 5.41 Å². The summed E-state index contributed by atoms with van der Waals surface area (Å²) in [6, 6.07) is 1.89. The summed E-state index contributed by atoms with van der Waals surface area (Å²) in [6.07, 6.45) is 5.19. The predicted octanol–water partition coefficient (Wildman–Crippen LogP) is 2.92. The Hall–Kier alpha value is -1.36. The highest BCUT2D eigenvalue weighted by molar-refractivity contribution is 5.48. The van der Waals surface area contributed by atoms with E-state index in [0.717, 1.165) is 43.1 Å². The third-order valence-electron chi connectivity index (χ3n) is 4.04. The van der Waals surface area contributed by atoms with Crippen molar-refractivity contribution in [3.05, 3.63) is 11.9 Å². The van der Waals surface area contributed by atoms with Crippen LogP contribution in [-0.4, -0.2) is 34.3 Å². The van der Waals surface area contributed by atoms with Gasteiger partial charge < -0.3 is 15.7 Å². The van der Waals surface area contributed by atoms with Gasteiger partial charge in [-0.1, -0.05) is 40.0 Å². The van der Waals surface area contributed by atoms with E-state index in [-0.39, 0.29) is 5.41 Å². The summed E-state index contributed by atoms with van der Waals surface area (Å²) in [6.45, 7) is 6.84. The van der Waals surface area contributed by atoms with Gasteiger partial charge in [-0.05, 0) is 12.8 Å². The first kappa shape index (κ1) is 16.0. The molecule has 0 aromatic carbocycles.